The molecule has 0 saturated heterocycles. The lowest BCUT2D eigenvalue weighted by Crippen LogP contribution is -2.22. The summed E-state index contributed by atoms with van der Waals surface area (Å²) < 4.78 is 12.5. The van der Waals surface area contributed by atoms with Gasteiger partial charge in [-0.05, 0) is 48.9 Å². The average Bonchev–Trinajstić information content (AvgIpc) is 3.34. The molecular formula is C25H19ClN4O3S. The minimum atomic E-state index is -0.168. The Morgan fingerprint density at radius 1 is 1.03 bits per heavy atom. The molecule has 5 aromatic rings. The molecule has 0 amide bonds. The average molecular weight is 491 g/mol. The Bertz CT molecular complexity index is 1560. The molecule has 0 N–H and O–H groups in total. The monoisotopic (exact) mass is 490 g/mol. The molecule has 2 aromatic heterocycles. The van der Waals surface area contributed by atoms with Crippen LogP contribution in [-0.4, -0.2) is 26.8 Å². The van der Waals surface area contributed by atoms with Crippen LogP contribution in [0, 0.1) is 6.92 Å². The minimum Gasteiger partial charge on any atom is -0.496 e. The van der Waals surface area contributed by atoms with E-state index in [1.54, 1.807) is 23.8 Å². The standard InChI is InChI=1S/C25H19ClN4O3S/c1-15-18(26)10-7-12-20(15)30-24(31)16-8-3-5-11-19(16)27-25(30)34-14-22-28-23(29-33-22)17-9-4-6-13-21(17)32-2/h3-13H,14H2,1-2H3. The van der Waals surface area contributed by atoms with Crippen molar-refractivity contribution in [1.82, 2.24) is 19.7 Å². The first-order valence-corrected chi connectivity index (χ1v) is 11.8. The summed E-state index contributed by atoms with van der Waals surface area (Å²) in [6.45, 7) is 1.88. The Morgan fingerprint density at radius 2 is 1.82 bits per heavy atom. The van der Waals surface area contributed by atoms with E-state index in [4.69, 9.17) is 25.8 Å². The number of fused-ring (bicyclic) bond motifs is 1. The first kappa shape index (κ1) is 22.2. The number of aromatic nitrogens is 4. The van der Waals surface area contributed by atoms with Crippen molar-refractivity contribution in [3.63, 3.8) is 0 Å². The van der Waals surface area contributed by atoms with Gasteiger partial charge in [0.2, 0.25) is 11.7 Å². The van der Waals surface area contributed by atoms with Gasteiger partial charge in [-0.3, -0.25) is 9.36 Å². The number of rotatable bonds is 6. The normalized spacial score (nSPS) is 11.1. The zero-order chi connectivity index (χ0) is 23.7. The Morgan fingerprint density at radius 3 is 2.68 bits per heavy atom. The van der Waals surface area contributed by atoms with E-state index in [1.165, 1.54) is 11.8 Å². The first-order valence-electron chi connectivity index (χ1n) is 10.4. The van der Waals surface area contributed by atoms with E-state index in [2.05, 4.69) is 10.1 Å². The van der Waals surface area contributed by atoms with Gasteiger partial charge in [0, 0.05) is 5.02 Å². The molecular weight excluding hydrogens is 472 g/mol. The molecule has 0 aliphatic heterocycles. The summed E-state index contributed by atoms with van der Waals surface area (Å²) in [5, 5.41) is 5.71. The molecule has 9 heteroatoms. The maximum absolute atomic E-state index is 13.5. The topological polar surface area (TPSA) is 83.0 Å². The highest BCUT2D eigenvalue weighted by Crippen LogP contribution is 2.30. The zero-order valence-electron chi connectivity index (χ0n) is 18.4. The van der Waals surface area contributed by atoms with Gasteiger partial charge in [-0.25, -0.2) is 4.98 Å². The van der Waals surface area contributed by atoms with Gasteiger partial charge in [-0.2, -0.15) is 4.98 Å². The summed E-state index contributed by atoms with van der Waals surface area (Å²) in [6, 6.07) is 20.2. The number of methoxy groups -OCH3 is 1. The molecule has 170 valence electrons. The van der Waals surface area contributed by atoms with Crippen molar-refractivity contribution < 1.29 is 9.26 Å². The fourth-order valence-electron chi connectivity index (χ4n) is 3.64. The van der Waals surface area contributed by atoms with E-state index in [1.807, 2.05) is 61.5 Å². The molecule has 0 aliphatic carbocycles. The van der Waals surface area contributed by atoms with Gasteiger partial charge >= 0.3 is 0 Å². The highest BCUT2D eigenvalue weighted by atomic mass is 35.5. The number of para-hydroxylation sites is 2. The lowest BCUT2D eigenvalue weighted by atomic mass is 10.2. The third-order valence-corrected chi connectivity index (χ3v) is 6.70. The third kappa shape index (κ3) is 4.06. The number of hydrogen-bond acceptors (Lipinski definition) is 7. The molecule has 0 radical (unpaired) electrons. The SMILES string of the molecule is COc1ccccc1-c1noc(CSc2nc3ccccc3c(=O)n2-c2cccc(Cl)c2C)n1. The van der Waals surface area contributed by atoms with E-state index in [-0.39, 0.29) is 5.56 Å². The van der Waals surface area contributed by atoms with Crippen molar-refractivity contribution in [3.8, 4) is 22.8 Å². The summed E-state index contributed by atoms with van der Waals surface area (Å²) in [7, 11) is 1.60. The molecule has 0 atom stereocenters. The lowest BCUT2D eigenvalue weighted by molar-refractivity contribution is 0.390. The van der Waals surface area contributed by atoms with Crippen LogP contribution in [-0.2, 0) is 5.75 Å². The van der Waals surface area contributed by atoms with E-state index in [0.717, 1.165) is 11.1 Å². The molecule has 2 heterocycles. The second-order valence-corrected chi connectivity index (χ2v) is 8.79. The third-order valence-electron chi connectivity index (χ3n) is 5.37. The van der Waals surface area contributed by atoms with Crippen LogP contribution in [0.3, 0.4) is 0 Å². The Balaban J connectivity index is 1.54. The summed E-state index contributed by atoms with van der Waals surface area (Å²) >= 11 is 7.70. The molecule has 0 saturated carbocycles. The first-order chi connectivity index (χ1) is 16.6. The predicted octanol–water partition coefficient (Wildman–Crippen LogP) is 5.70. The number of hydrogen-bond donors (Lipinski definition) is 0. The minimum absolute atomic E-state index is 0.168. The van der Waals surface area contributed by atoms with Crippen molar-refractivity contribution in [2.75, 3.05) is 7.11 Å². The van der Waals surface area contributed by atoms with Gasteiger partial charge in [0.25, 0.3) is 5.56 Å². The predicted molar refractivity (Wildman–Crippen MR) is 133 cm³/mol. The molecule has 0 spiro atoms. The Kier molecular flexibility index (Phi) is 6.08. The maximum atomic E-state index is 13.5. The van der Waals surface area contributed by atoms with Gasteiger partial charge in [0.15, 0.2) is 5.16 Å². The molecule has 3 aromatic carbocycles. The molecule has 0 unspecified atom stereocenters. The van der Waals surface area contributed by atoms with Crippen LogP contribution < -0.4 is 10.3 Å². The maximum Gasteiger partial charge on any atom is 0.266 e. The van der Waals surface area contributed by atoms with Crippen molar-refractivity contribution in [2.45, 2.75) is 17.8 Å². The van der Waals surface area contributed by atoms with E-state index in [0.29, 0.717) is 50.0 Å². The number of ether oxygens (including phenoxy) is 1. The molecule has 0 bridgehead atoms. The molecule has 0 fully saturated rings. The Hall–Kier alpha value is -3.62. The van der Waals surface area contributed by atoms with Crippen LogP contribution in [0.2, 0.25) is 5.02 Å². The summed E-state index contributed by atoms with van der Waals surface area (Å²) in [5.41, 5.74) is 2.66. The van der Waals surface area contributed by atoms with Crippen LogP contribution >= 0.6 is 23.4 Å². The van der Waals surface area contributed by atoms with Crippen LogP contribution in [0.25, 0.3) is 28.0 Å². The van der Waals surface area contributed by atoms with Gasteiger partial charge in [-0.1, -0.05) is 58.9 Å². The van der Waals surface area contributed by atoms with Crippen LogP contribution in [0.5, 0.6) is 5.75 Å². The highest BCUT2D eigenvalue weighted by molar-refractivity contribution is 7.98. The summed E-state index contributed by atoms with van der Waals surface area (Å²) in [6.07, 6.45) is 0. The lowest BCUT2D eigenvalue weighted by Gasteiger charge is -2.15. The highest BCUT2D eigenvalue weighted by Gasteiger charge is 2.18. The fourth-order valence-corrected chi connectivity index (χ4v) is 4.65. The molecule has 0 aliphatic rings. The largest absolute Gasteiger partial charge is 0.496 e. The van der Waals surface area contributed by atoms with Gasteiger partial charge < -0.3 is 9.26 Å². The summed E-state index contributed by atoms with van der Waals surface area (Å²) in [4.78, 5) is 22.8. The summed E-state index contributed by atoms with van der Waals surface area (Å²) in [5.74, 6) is 1.82. The van der Waals surface area contributed by atoms with Gasteiger partial charge in [0.05, 0.1) is 35.0 Å². The van der Waals surface area contributed by atoms with E-state index < -0.39 is 0 Å². The van der Waals surface area contributed by atoms with Gasteiger partial charge in [-0.15, -0.1) is 0 Å². The smallest absolute Gasteiger partial charge is 0.266 e. The molecule has 7 nitrogen and oxygen atoms in total. The van der Waals surface area contributed by atoms with E-state index in [9.17, 15) is 4.79 Å². The second-order valence-electron chi connectivity index (χ2n) is 7.44. The molecule has 34 heavy (non-hydrogen) atoms. The quantitative estimate of drug-likeness (QED) is 0.223. The fraction of sp³-hybridized carbons (Fsp3) is 0.120. The second kappa shape index (κ2) is 9.32. The van der Waals surface area contributed by atoms with Crippen molar-refractivity contribution in [3.05, 3.63) is 93.6 Å². The number of halogens is 1. The Labute approximate surface area is 204 Å². The van der Waals surface area contributed by atoms with Crippen molar-refractivity contribution in [2.24, 2.45) is 0 Å². The van der Waals surface area contributed by atoms with E-state index >= 15 is 0 Å². The number of thioether (sulfide) groups is 1. The van der Waals surface area contributed by atoms with Crippen LogP contribution in [0.4, 0.5) is 0 Å². The van der Waals surface area contributed by atoms with Crippen molar-refractivity contribution in [1.29, 1.82) is 0 Å². The number of nitrogens with zero attached hydrogens (tertiary/aromatic N) is 4. The van der Waals surface area contributed by atoms with Crippen LogP contribution in [0.15, 0.2) is 81.2 Å². The number of benzene rings is 3. The van der Waals surface area contributed by atoms with Crippen molar-refractivity contribution >= 4 is 34.3 Å². The van der Waals surface area contributed by atoms with Gasteiger partial charge in [0.1, 0.15) is 5.75 Å². The zero-order valence-corrected chi connectivity index (χ0v) is 19.9. The van der Waals surface area contributed by atoms with Crippen LogP contribution in [0.1, 0.15) is 11.5 Å². The molecule has 5 rings (SSSR count).